The van der Waals surface area contributed by atoms with E-state index in [1.54, 1.807) is 0 Å². The molecule has 2 N–H and O–H groups in total. The maximum atomic E-state index is 4.74. The van der Waals surface area contributed by atoms with Gasteiger partial charge in [-0.15, -0.1) is 34.2 Å². The van der Waals surface area contributed by atoms with Gasteiger partial charge in [0, 0.05) is 38.6 Å². The number of aromatic nitrogens is 3. The van der Waals surface area contributed by atoms with Crippen LogP contribution in [0.15, 0.2) is 4.99 Å². The van der Waals surface area contributed by atoms with Crippen LogP contribution in [0.2, 0.25) is 0 Å². The quantitative estimate of drug-likeness (QED) is 0.350. The van der Waals surface area contributed by atoms with Gasteiger partial charge >= 0.3 is 0 Å². The van der Waals surface area contributed by atoms with Gasteiger partial charge in [0.1, 0.15) is 12.4 Å². The summed E-state index contributed by atoms with van der Waals surface area (Å²) in [5.41, 5.74) is 0. The summed E-state index contributed by atoms with van der Waals surface area (Å²) in [6, 6.07) is 0.757. The molecule has 0 aromatic carbocycles. The van der Waals surface area contributed by atoms with Crippen LogP contribution in [0, 0.1) is 0 Å². The summed E-state index contributed by atoms with van der Waals surface area (Å²) in [6.07, 6.45) is 8.81. The Balaban J connectivity index is 0.00000261. The molecule has 154 valence electrons. The number of aryl methyl sites for hydroxylation is 1. The van der Waals surface area contributed by atoms with Crippen molar-refractivity contribution in [2.75, 3.05) is 26.2 Å². The largest absolute Gasteiger partial charge is 0.357 e. The fraction of sp³-hybridized carbons (Fsp3) is 0.842. The van der Waals surface area contributed by atoms with Crippen LogP contribution in [-0.2, 0) is 19.5 Å². The molecule has 2 aliphatic heterocycles. The maximum absolute atomic E-state index is 4.74. The Hall–Kier alpha value is -0.900. The Morgan fingerprint density at radius 2 is 1.96 bits per heavy atom. The summed E-state index contributed by atoms with van der Waals surface area (Å²) in [5, 5.41) is 15.5. The number of hydrogen-bond acceptors (Lipinski definition) is 4. The van der Waals surface area contributed by atoms with E-state index >= 15 is 0 Å². The summed E-state index contributed by atoms with van der Waals surface area (Å²) < 4.78 is 2.25. The first-order chi connectivity index (χ1) is 12.8. The van der Waals surface area contributed by atoms with E-state index in [0.29, 0.717) is 6.54 Å². The molecule has 1 atom stereocenters. The molecule has 1 saturated heterocycles. The second-order valence-electron chi connectivity index (χ2n) is 7.36. The van der Waals surface area contributed by atoms with E-state index in [1.807, 2.05) is 0 Å². The van der Waals surface area contributed by atoms with Crippen molar-refractivity contribution in [2.24, 2.45) is 4.99 Å². The van der Waals surface area contributed by atoms with Gasteiger partial charge in [0.25, 0.3) is 0 Å². The molecule has 27 heavy (non-hydrogen) atoms. The zero-order valence-corrected chi connectivity index (χ0v) is 19.2. The zero-order chi connectivity index (χ0) is 18.2. The van der Waals surface area contributed by atoms with E-state index < -0.39 is 0 Å². The molecule has 7 nitrogen and oxygen atoms in total. The summed E-state index contributed by atoms with van der Waals surface area (Å²) >= 11 is 0. The van der Waals surface area contributed by atoms with Crippen molar-refractivity contribution >= 4 is 29.9 Å². The third-order valence-electron chi connectivity index (χ3n) is 5.57. The van der Waals surface area contributed by atoms with Crippen LogP contribution in [0.25, 0.3) is 0 Å². The Morgan fingerprint density at radius 3 is 2.78 bits per heavy atom. The average molecular weight is 489 g/mol. The molecule has 0 amide bonds. The molecule has 0 bridgehead atoms. The lowest BCUT2D eigenvalue weighted by Crippen LogP contribution is -2.45. The lowest BCUT2D eigenvalue weighted by molar-refractivity contribution is 0.147. The molecule has 3 heterocycles. The number of piperidine rings is 1. The fourth-order valence-corrected chi connectivity index (χ4v) is 4.11. The lowest BCUT2D eigenvalue weighted by Gasteiger charge is -2.35. The third-order valence-corrected chi connectivity index (χ3v) is 5.57. The van der Waals surface area contributed by atoms with Gasteiger partial charge in [-0.1, -0.05) is 13.3 Å². The van der Waals surface area contributed by atoms with Crippen molar-refractivity contribution in [1.82, 2.24) is 30.3 Å². The summed E-state index contributed by atoms with van der Waals surface area (Å²) in [6.45, 7) is 10.2. The van der Waals surface area contributed by atoms with E-state index in [0.717, 1.165) is 56.3 Å². The van der Waals surface area contributed by atoms with Crippen LogP contribution in [0.1, 0.15) is 64.0 Å². The van der Waals surface area contributed by atoms with Crippen molar-refractivity contribution in [3.63, 3.8) is 0 Å². The van der Waals surface area contributed by atoms with Crippen LogP contribution < -0.4 is 10.6 Å². The Bertz CT molecular complexity index is 587. The molecule has 0 aliphatic carbocycles. The van der Waals surface area contributed by atoms with Crippen molar-refractivity contribution in [1.29, 1.82) is 0 Å². The van der Waals surface area contributed by atoms with Gasteiger partial charge in [0.05, 0.1) is 0 Å². The highest BCUT2D eigenvalue weighted by atomic mass is 127. The predicted molar refractivity (Wildman–Crippen MR) is 121 cm³/mol. The first-order valence-electron chi connectivity index (χ1n) is 10.5. The molecule has 1 fully saturated rings. The average Bonchev–Trinajstić information content (AvgIpc) is 3.09. The third kappa shape index (κ3) is 6.30. The summed E-state index contributed by atoms with van der Waals surface area (Å²) in [5.74, 6) is 2.99. The van der Waals surface area contributed by atoms with Gasteiger partial charge < -0.3 is 15.2 Å². The van der Waals surface area contributed by atoms with Crippen molar-refractivity contribution in [3.05, 3.63) is 11.6 Å². The Labute approximate surface area is 180 Å². The van der Waals surface area contributed by atoms with E-state index in [1.165, 1.54) is 45.1 Å². The number of hydrogen-bond donors (Lipinski definition) is 2. The van der Waals surface area contributed by atoms with Gasteiger partial charge in [0.15, 0.2) is 11.8 Å². The SMILES string of the molecule is CCNC(=NCc1nnc2n1CCCC2)NCCN1CCCCC1CC.I. The predicted octanol–water partition coefficient (Wildman–Crippen LogP) is 2.55. The van der Waals surface area contributed by atoms with E-state index in [9.17, 15) is 0 Å². The number of nitrogens with one attached hydrogen (secondary N) is 2. The molecule has 2 aliphatic rings. The second kappa shape index (κ2) is 11.8. The van der Waals surface area contributed by atoms with Crippen LogP contribution in [-0.4, -0.2) is 57.8 Å². The van der Waals surface area contributed by atoms with Crippen molar-refractivity contribution in [2.45, 2.75) is 77.9 Å². The second-order valence-corrected chi connectivity index (χ2v) is 7.36. The van der Waals surface area contributed by atoms with Crippen LogP contribution in [0.4, 0.5) is 0 Å². The first kappa shape index (κ1) is 22.4. The maximum Gasteiger partial charge on any atom is 0.191 e. The monoisotopic (exact) mass is 489 g/mol. The number of likely N-dealkylation sites (tertiary alicyclic amines) is 1. The highest BCUT2D eigenvalue weighted by molar-refractivity contribution is 14.0. The molecule has 1 unspecified atom stereocenters. The lowest BCUT2D eigenvalue weighted by atomic mass is 10.0. The van der Waals surface area contributed by atoms with Gasteiger partial charge in [-0.25, -0.2) is 4.99 Å². The smallest absolute Gasteiger partial charge is 0.191 e. The minimum Gasteiger partial charge on any atom is -0.357 e. The minimum atomic E-state index is 0. The number of nitrogens with zero attached hydrogens (tertiary/aromatic N) is 5. The number of aliphatic imine (C=N–C) groups is 1. The highest BCUT2D eigenvalue weighted by Gasteiger charge is 2.20. The van der Waals surface area contributed by atoms with Crippen LogP contribution in [0.5, 0.6) is 0 Å². The molecule has 1 aromatic heterocycles. The van der Waals surface area contributed by atoms with Gasteiger partial charge in [-0.3, -0.25) is 4.90 Å². The molecule has 0 radical (unpaired) electrons. The van der Waals surface area contributed by atoms with E-state index in [2.05, 4.69) is 44.1 Å². The minimum absolute atomic E-state index is 0. The summed E-state index contributed by atoms with van der Waals surface area (Å²) in [7, 11) is 0. The first-order valence-corrected chi connectivity index (χ1v) is 10.5. The standard InChI is InChI=1S/C19H35N7.HI/c1-3-16-9-5-7-12-25(16)14-11-21-19(20-4-2)22-15-18-24-23-17-10-6-8-13-26(17)18;/h16H,3-15H2,1-2H3,(H2,20,21,22);1H. The van der Waals surface area contributed by atoms with Gasteiger partial charge in [0.2, 0.25) is 0 Å². The number of halogens is 1. The highest BCUT2D eigenvalue weighted by Crippen LogP contribution is 2.18. The molecular formula is C19H36IN7. The molecule has 8 heteroatoms. The van der Waals surface area contributed by atoms with Gasteiger partial charge in [-0.05, 0) is 45.6 Å². The molecule has 1 aromatic rings. The fourth-order valence-electron chi connectivity index (χ4n) is 4.11. The van der Waals surface area contributed by atoms with E-state index in [-0.39, 0.29) is 24.0 Å². The normalized spacial score (nSPS) is 20.7. The van der Waals surface area contributed by atoms with Crippen molar-refractivity contribution < 1.29 is 0 Å². The molecule has 0 spiro atoms. The van der Waals surface area contributed by atoms with Crippen LogP contribution in [0.3, 0.4) is 0 Å². The topological polar surface area (TPSA) is 70.4 Å². The van der Waals surface area contributed by atoms with Gasteiger partial charge in [-0.2, -0.15) is 0 Å². The summed E-state index contributed by atoms with van der Waals surface area (Å²) in [4.78, 5) is 7.37. The molecular weight excluding hydrogens is 453 g/mol. The molecule has 0 saturated carbocycles. The number of fused-ring (bicyclic) bond motifs is 1. The van der Waals surface area contributed by atoms with E-state index in [4.69, 9.17) is 4.99 Å². The van der Waals surface area contributed by atoms with Crippen LogP contribution >= 0.6 is 24.0 Å². The molecule has 3 rings (SSSR count). The zero-order valence-electron chi connectivity index (χ0n) is 16.9. The Morgan fingerprint density at radius 1 is 1.11 bits per heavy atom. The number of rotatable bonds is 7. The Kier molecular flexibility index (Phi) is 9.81. The number of guanidine groups is 1. The van der Waals surface area contributed by atoms with Crippen molar-refractivity contribution in [3.8, 4) is 0 Å².